The van der Waals surface area contributed by atoms with Crippen LogP contribution in [-0.4, -0.2) is 5.91 Å². The van der Waals surface area contributed by atoms with E-state index in [2.05, 4.69) is 5.32 Å². The fraction of sp³-hybridized carbons (Fsp3) is 0.235. The summed E-state index contributed by atoms with van der Waals surface area (Å²) in [5.74, 6) is -0.300. The van der Waals surface area contributed by atoms with E-state index in [9.17, 15) is 9.18 Å². The Bertz CT molecular complexity index is 578. The number of hydrogen-bond donors (Lipinski definition) is 1. The van der Waals surface area contributed by atoms with Crippen LogP contribution in [0, 0.1) is 12.7 Å². The molecule has 2 aromatic carbocycles. The fourth-order valence-electron chi connectivity index (χ4n) is 1.95. The highest BCUT2D eigenvalue weighted by Gasteiger charge is 2.03. The molecule has 0 heterocycles. The van der Waals surface area contributed by atoms with Gasteiger partial charge in [-0.2, -0.15) is 0 Å². The second-order valence-electron chi connectivity index (χ2n) is 4.89. The molecule has 2 aromatic rings. The van der Waals surface area contributed by atoms with Gasteiger partial charge in [0.2, 0.25) is 5.91 Å². The number of benzene rings is 2. The molecule has 2 rings (SSSR count). The Hall–Kier alpha value is -2.16. The lowest BCUT2D eigenvalue weighted by atomic mass is 10.1. The lowest BCUT2D eigenvalue weighted by molar-refractivity contribution is -0.121. The predicted molar refractivity (Wildman–Crippen MR) is 77.7 cm³/mol. The maximum absolute atomic E-state index is 13.0. The van der Waals surface area contributed by atoms with Crippen LogP contribution in [0.5, 0.6) is 0 Å². The van der Waals surface area contributed by atoms with E-state index in [1.54, 1.807) is 12.1 Å². The van der Waals surface area contributed by atoms with Gasteiger partial charge in [-0.15, -0.1) is 0 Å². The quantitative estimate of drug-likeness (QED) is 0.887. The van der Waals surface area contributed by atoms with Crippen LogP contribution in [-0.2, 0) is 17.8 Å². The van der Waals surface area contributed by atoms with Crippen molar-refractivity contribution in [3.05, 3.63) is 71.0 Å². The maximum Gasteiger partial charge on any atom is 0.220 e. The number of halogens is 1. The number of amides is 1. The Morgan fingerprint density at radius 3 is 2.55 bits per heavy atom. The second kappa shape index (κ2) is 6.85. The van der Waals surface area contributed by atoms with Gasteiger partial charge < -0.3 is 5.32 Å². The van der Waals surface area contributed by atoms with E-state index in [-0.39, 0.29) is 11.7 Å². The second-order valence-corrected chi connectivity index (χ2v) is 4.89. The third-order valence-electron chi connectivity index (χ3n) is 3.14. The van der Waals surface area contributed by atoms with Gasteiger partial charge in [0.15, 0.2) is 0 Å². The standard InChI is InChI=1S/C17H18FNO/c1-13-5-7-14(8-6-13)9-10-17(20)19-12-15-3-2-4-16(18)11-15/h2-8,11H,9-10,12H2,1H3,(H,19,20). The van der Waals surface area contributed by atoms with Crippen molar-refractivity contribution in [3.63, 3.8) is 0 Å². The first-order valence-electron chi connectivity index (χ1n) is 6.70. The minimum absolute atomic E-state index is 0.0187. The Kier molecular flexibility index (Phi) is 4.88. The van der Waals surface area contributed by atoms with Gasteiger partial charge in [0.1, 0.15) is 5.82 Å². The van der Waals surface area contributed by atoms with Crippen LogP contribution in [0.4, 0.5) is 4.39 Å². The lowest BCUT2D eigenvalue weighted by Crippen LogP contribution is -2.23. The third kappa shape index (κ3) is 4.50. The summed E-state index contributed by atoms with van der Waals surface area (Å²) in [5, 5.41) is 2.80. The average Bonchev–Trinajstić information content (AvgIpc) is 2.45. The molecule has 1 amide bonds. The monoisotopic (exact) mass is 271 g/mol. The van der Waals surface area contributed by atoms with Gasteiger partial charge in [0.25, 0.3) is 0 Å². The molecular weight excluding hydrogens is 253 g/mol. The molecule has 0 bridgehead atoms. The summed E-state index contributed by atoms with van der Waals surface area (Å²) < 4.78 is 13.0. The van der Waals surface area contributed by atoms with Gasteiger partial charge in [0.05, 0.1) is 0 Å². The summed E-state index contributed by atoms with van der Waals surface area (Å²) in [5.41, 5.74) is 3.13. The molecule has 0 fully saturated rings. The van der Waals surface area contributed by atoms with Crippen molar-refractivity contribution in [3.8, 4) is 0 Å². The Balaban J connectivity index is 1.77. The molecule has 1 N–H and O–H groups in total. The summed E-state index contributed by atoms with van der Waals surface area (Å²) in [7, 11) is 0. The molecule has 3 heteroatoms. The van der Waals surface area contributed by atoms with E-state index in [0.29, 0.717) is 13.0 Å². The zero-order valence-electron chi connectivity index (χ0n) is 11.5. The minimum Gasteiger partial charge on any atom is -0.352 e. The van der Waals surface area contributed by atoms with Crippen LogP contribution in [0.15, 0.2) is 48.5 Å². The number of carbonyl (C=O) groups excluding carboxylic acids is 1. The molecule has 0 aromatic heterocycles. The molecular formula is C17H18FNO. The molecule has 0 aliphatic heterocycles. The van der Waals surface area contributed by atoms with Crippen LogP contribution in [0.3, 0.4) is 0 Å². The summed E-state index contributed by atoms with van der Waals surface area (Å²) in [6.07, 6.45) is 1.16. The smallest absolute Gasteiger partial charge is 0.220 e. The molecule has 0 aliphatic rings. The largest absolute Gasteiger partial charge is 0.352 e. The first kappa shape index (κ1) is 14.3. The number of aryl methyl sites for hydroxylation is 2. The van der Waals surface area contributed by atoms with E-state index in [4.69, 9.17) is 0 Å². The van der Waals surface area contributed by atoms with Crippen molar-refractivity contribution in [2.45, 2.75) is 26.3 Å². The zero-order chi connectivity index (χ0) is 14.4. The number of hydrogen-bond acceptors (Lipinski definition) is 1. The lowest BCUT2D eigenvalue weighted by Gasteiger charge is -2.06. The van der Waals surface area contributed by atoms with Gasteiger partial charge in [-0.3, -0.25) is 4.79 Å². The summed E-state index contributed by atoms with van der Waals surface area (Å²) in [6, 6.07) is 14.4. The Labute approximate surface area is 118 Å². The summed E-state index contributed by atoms with van der Waals surface area (Å²) in [4.78, 5) is 11.7. The van der Waals surface area contributed by atoms with Crippen LogP contribution in [0.2, 0.25) is 0 Å². The average molecular weight is 271 g/mol. The Morgan fingerprint density at radius 1 is 1.10 bits per heavy atom. The molecule has 0 spiro atoms. The first-order chi connectivity index (χ1) is 9.63. The first-order valence-corrected chi connectivity index (χ1v) is 6.70. The van der Waals surface area contributed by atoms with E-state index in [0.717, 1.165) is 17.5 Å². The molecule has 0 aliphatic carbocycles. The van der Waals surface area contributed by atoms with E-state index >= 15 is 0 Å². The van der Waals surface area contributed by atoms with Crippen molar-refractivity contribution in [1.29, 1.82) is 0 Å². The topological polar surface area (TPSA) is 29.1 Å². The van der Waals surface area contributed by atoms with Crippen LogP contribution in [0.1, 0.15) is 23.1 Å². The highest BCUT2D eigenvalue weighted by Crippen LogP contribution is 2.06. The summed E-state index contributed by atoms with van der Waals surface area (Å²) >= 11 is 0. The molecule has 0 saturated heterocycles. The van der Waals surface area contributed by atoms with Crippen molar-refractivity contribution >= 4 is 5.91 Å². The predicted octanol–water partition coefficient (Wildman–Crippen LogP) is 3.38. The van der Waals surface area contributed by atoms with Crippen LogP contribution >= 0.6 is 0 Å². The number of rotatable bonds is 5. The van der Waals surface area contributed by atoms with Gasteiger partial charge >= 0.3 is 0 Å². The van der Waals surface area contributed by atoms with Crippen LogP contribution in [0.25, 0.3) is 0 Å². The fourth-order valence-corrected chi connectivity index (χ4v) is 1.95. The van der Waals surface area contributed by atoms with E-state index < -0.39 is 0 Å². The van der Waals surface area contributed by atoms with Gasteiger partial charge in [-0.05, 0) is 36.6 Å². The molecule has 0 radical (unpaired) electrons. The van der Waals surface area contributed by atoms with Crippen molar-refractivity contribution in [1.82, 2.24) is 5.32 Å². The van der Waals surface area contributed by atoms with E-state index in [1.165, 1.54) is 17.7 Å². The van der Waals surface area contributed by atoms with Crippen molar-refractivity contribution in [2.24, 2.45) is 0 Å². The molecule has 0 atom stereocenters. The molecule has 0 unspecified atom stereocenters. The highest BCUT2D eigenvalue weighted by molar-refractivity contribution is 5.76. The molecule has 104 valence electrons. The third-order valence-corrected chi connectivity index (χ3v) is 3.14. The number of carbonyl (C=O) groups is 1. The SMILES string of the molecule is Cc1ccc(CCC(=O)NCc2cccc(F)c2)cc1. The molecule has 2 nitrogen and oxygen atoms in total. The van der Waals surface area contributed by atoms with Crippen LogP contribution < -0.4 is 5.32 Å². The summed E-state index contributed by atoms with van der Waals surface area (Å²) in [6.45, 7) is 2.40. The molecule has 0 saturated carbocycles. The van der Waals surface area contributed by atoms with Gasteiger partial charge in [-0.25, -0.2) is 4.39 Å². The Morgan fingerprint density at radius 2 is 1.85 bits per heavy atom. The number of nitrogens with one attached hydrogen (secondary N) is 1. The highest BCUT2D eigenvalue weighted by atomic mass is 19.1. The van der Waals surface area contributed by atoms with Crippen molar-refractivity contribution in [2.75, 3.05) is 0 Å². The maximum atomic E-state index is 13.0. The minimum atomic E-state index is -0.281. The van der Waals surface area contributed by atoms with E-state index in [1.807, 2.05) is 31.2 Å². The van der Waals surface area contributed by atoms with Crippen molar-refractivity contribution < 1.29 is 9.18 Å². The normalized spacial score (nSPS) is 10.3. The molecule has 20 heavy (non-hydrogen) atoms. The van der Waals surface area contributed by atoms with Gasteiger partial charge in [0, 0.05) is 13.0 Å². The van der Waals surface area contributed by atoms with Gasteiger partial charge in [-0.1, -0.05) is 42.0 Å². The zero-order valence-corrected chi connectivity index (χ0v) is 11.5.